The van der Waals surface area contributed by atoms with Gasteiger partial charge in [0.15, 0.2) is 0 Å². The predicted octanol–water partition coefficient (Wildman–Crippen LogP) is 3.59. The molecule has 60 valence electrons. The molecule has 0 radical (unpaired) electrons. The second-order valence-electron chi connectivity index (χ2n) is 1.65. The van der Waals surface area contributed by atoms with Crippen molar-refractivity contribution in [3.05, 3.63) is 36.8 Å². The normalized spacial score (nSPS) is 7.82. The molecule has 0 fully saturated rings. The van der Waals surface area contributed by atoms with E-state index in [-0.39, 0.29) is 0 Å². The van der Waals surface area contributed by atoms with E-state index in [0.29, 0.717) is 0 Å². The first kappa shape index (κ1) is 9.76. The van der Waals surface area contributed by atoms with Crippen molar-refractivity contribution in [3.8, 4) is 0 Å². The van der Waals surface area contributed by atoms with Gasteiger partial charge in [-0.2, -0.15) is 0 Å². The van der Waals surface area contributed by atoms with Crippen LogP contribution in [0.25, 0.3) is 12.2 Å². The summed E-state index contributed by atoms with van der Waals surface area (Å²) >= 11 is 0. The lowest BCUT2D eigenvalue weighted by Gasteiger charge is -1.84. The summed E-state index contributed by atoms with van der Waals surface area (Å²) in [7, 11) is 0. The van der Waals surface area contributed by atoms with Gasteiger partial charge in [-0.05, 0) is 12.1 Å². The Morgan fingerprint density at radius 2 is 1.91 bits per heavy atom. The van der Waals surface area contributed by atoms with E-state index in [1.54, 1.807) is 18.4 Å². The van der Waals surface area contributed by atoms with E-state index in [1.165, 1.54) is 0 Å². The van der Waals surface area contributed by atoms with Crippen molar-refractivity contribution in [3.63, 3.8) is 0 Å². The molecule has 0 aliphatic heterocycles. The minimum atomic E-state index is 0.782. The summed E-state index contributed by atoms with van der Waals surface area (Å²) < 4.78 is 5.02. The zero-order chi connectivity index (χ0) is 8.69. The number of furan rings is 1. The maximum absolute atomic E-state index is 5.02. The monoisotopic (exact) mass is 150 g/mol. The van der Waals surface area contributed by atoms with E-state index < -0.39 is 0 Å². The first-order valence-electron chi connectivity index (χ1n) is 3.71. The van der Waals surface area contributed by atoms with Gasteiger partial charge in [-0.25, -0.2) is 0 Å². The summed E-state index contributed by atoms with van der Waals surface area (Å²) in [4.78, 5) is 0. The smallest absolute Gasteiger partial charge is 0.133 e. The molecular weight excluding hydrogens is 136 g/mol. The topological polar surface area (TPSA) is 13.1 Å². The van der Waals surface area contributed by atoms with E-state index in [9.17, 15) is 0 Å². The molecule has 0 aliphatic rings. The summed E-state index contributed by atoms with van der Waals surface area (Å²) in [5.41, 5.74) is 0.991. The van der Waals surface area contributed by atoms with Crippen molar-refractivity contribution in [1.29, 1.82) is 0 Å². The quantitative estimate of drug-likeness (QED) is 0.628. The molecule has 0 amide bonds. The molecule has 0 N–H and O–H groups in total. The van der Waals surface area contributed by atoms with Crippen LogP contribution in [0.1, 0.15) is 25.2 Å². The lowest BCUT2D eigenvalue weighted by atomic mass is 10.2. The van der Waals surface area contributed by atoms with E-state index in [1.807, 2.05) is 19.9 Å². The molecule has 1 aromatic heterocycles. The fourth-order valence-corrected chi connectivity index (χ4v) is 0.665. The van der Waals surface area contributed by atoms with Crippen LogP contribution in [-0.2, 0) is 0 Å². The van der Waals surface area contributed by atoms with E-state index in [4.69, 9.17) is 4.42 Å². The van der Waals surface area contributed by atoms with Crippen LogP contribution in [-0.4, -0.2) is 0 Å². The molecule has 1 heterocycles. The number of hydrogen-bond acceptors (Lipinski definition) is 1. The third-order valence-corrected chi connectivity index (χ3v) is 1.13. The summed E-state index contributed by atoms with van der Waals surface area (Å²) in [5, 5.41) is 0. The fourth-order valence-electron chi connectivity index (χ4n) is 0.665. The Labute approximate surface area is 68.0 Å². The minimum Gasteiger partial charge on any atom is -0.464 e. The average molecular weight is 150 g/mol. The SMILES string of the molecule is C=Cc1ccoc1C=C.CC. The minimum absolute atomic E-state index is 0.782. The first-order chi connectivity index (χ1) is 5.38. The highest BCUT2D eigenvalue weighted by molar-refractivity contribution is 5.58. The zero-order valence-electron chi connectivity index (χ0n) is 7.13. The van der Waals surface area contributed by atoms with Gasteiger partial charge in [0.25, 0.3) is 0 Å². The molecule has 1 aromatic rings. The van der Waals surface area contributed by atoms with Crippen LogP contribution in [0.5, 0.6) is 0 Å². The van der Waals surface area contributed by atoms with Crippen LogP contribution < -0.4 is 0 Å². The molecule has 1 heteroatoms. The summed E-state index contributed by atoms with van der Waals surface area (Å²) in [5.74, 6) is 0.782. The molecule has 11 heavy (non-hydrogen) atoms. The van der Waals surface area contributed by atoms with Gasteiger partial charge in [-0.1, -0.05) is 33.1 Å². The predicted molar refractivity (Wildman–Crippen MR) is 50.2 cm³/mol. The van der Waals surface area contributed by atoms with Gasteiger partial charge in [-0.15, -0.1) is 0 Å². The molecule has 0 spiro atoms. The van der Waals surface area contributed by atoms with Gasteiger partial charge in [0.1, 0.15) is 5.76 Å². The molecular formula is C10H14O. The van der Waals surface area contributed by atoms with Gasteiger partial charge >= 0.3 is 0 Å². The number of rotatable bonds is 2. The molecule has 0 saturated heterocycles. The lowest BCUT2D eigenvalue weighted by molar-refractivity contribution is 0.556. The first-order valence-corrected chi connectivity index (χ1v) is 3.71. The summed E-state index contributed by atoms with van der Waals surface area (Å²) in [6.07, 6.45) is 5.02. The second kappa shape index (κ2) is 5.54. The number of hydrogen-bond donors (Lipinski definition) is 0. The zero-order valence-corrected chi connectivity index (χ0v) is 7.13. The van der Waals surface area contributed by atoms with Gasteiger partial charge in [-0.3, -0.25) is 0 Å². The molecule has 0 bridgehead atoms. The second-order valence-corrected chi connectivity index (χ2v) is 1.65. The lowest BCUT2D eigenvalue weighted by Crippen LogP contribution is -1.66. The van der Waals surface area contributed by atoms with Gasteiger partial charge < -0.3 is 4.42 Å². The molecule has 0 unspecified atom stereocenters. The Balaban J connectivity index is 0.000000461. The van der Waals surface area contributed by atoms with Crippen LogP contribution in [0.3, 0.4) is 0 Å². The molecule has 0 aromatic carbocycles. The van der Waals surface area contributed by atoms with Crippen molar-refractivity contribution in [1.82, 2.24) is 0 Å². The third kappa shape index (κ3) is 2.46. The summed E-state index contributed by atoms with van der Waals surface area (Å²) in [6, 6.07) is 1.85. The Kier molecular flexibility index (Phi) is 4.91. The molecule has 1 nitrogen and oxygen atoms in total. The van der Waals surface area contributed by atoms with Crippen molar-refractivity contribution >= 4 is 12.2 Å². The van der Waals surface area contributed by atoms with Crippen molar-refractivity contribution in [2.45, 2.75) is 13.8 Å². The highest BCUT2D eigenvalue weighted by atomic mass is 16.3. The Morgan fingerprint density at radius 3 is 2.27 bits per heavy atom. The standard InChI is InChI=1S/C8H8O.C2H6/c1-3-7-5-6-9-8(7)4-2;1-2/h3-6H,1-2H2;1-2H3. The Hall–Kier alpha value is -1.24. The van der Waals surface area contributed by atoms with Gasteiger partial charge in [0.2, 0.25) is 0 Å². The van der Waals surface area contributed by atoms with Crippen molar-refractivity contribution in [2.24, 2.45) is 0 Å². The maximum atomic E-state index is 5.02. The highest BCUT2D eigenvalue weighted by Crippen LogP contribution is 2.11. The third-order valence-electron chi connectivity index (χ3n) is 1.13. The van der Waals surface area contributed by atoms with Gasteiger partial charge in [0, 0.05) is 5.56 Å². The molecule has 0 saturated carbocycles. The average Bonchev–Trinajstić information content (AvgIpc) is 2.54. The van der Waals surface area contributed by atoms with E-state index in [0.717, 1.165) is 11.3 Å². The van der Waals surface area contributed by atoms with Crippen LogP contribution in [0, 0.1) is 0 Å². The summed E-state index contributed by atoms with van der Waals surface area (Å²) in [6.45, 7) is 11.2. The molecule has 1 rings (SSSR count). The Morgan fingerprint density at radius 1 is 1.27 bits per heavy atom. The Bertz CT molecular complexity index is 198. The van der Waals surface area contributed by atoms with Gasteiger partial charge in [0.05, 0.1) is 6.26 Å². The van der Waals surface area contributed by atoms with E-state index in [2.05, 4.69) is 13.2 Å². The molecule has 0 aliphatic carbocycles. The van der Waals surface area contributed by atoms with Crippen molar-refractivity contribution in [2.75, 3.05) is 0 Å². The highest BCUT2D eigenvalue weighted by Gasteiger charge is 1.94. The van der Waals surface area contributed by atoms with E-state index >= 15 is 0 Å². The molecule has 0 atom stereocenters. The van der Waals surface area contributed by atoms with Crippen LogP contribution >= 0.6 is 0 Å². The maximum Gasteiger partial charge on any atom is 0.133 e. The van der Waals surface area contributed by atoms with Crippen LogP contribution in [0.15, 0.2) is 29.9 Å². The largest absolute Gasteiger partial charge is 0.464 e. The van der Waals surface area contributed by atoms with Crippen LogP contribution in [0.4, 0.5) is 0 Å². The fraction of sp³-hybridized carbons (Fsp3) is 0.200. The van der Waals surface area contributed by atoms with Crippen LogP contribution in [0.2, 0.25) is 0 Å². The van der Waals surface area contributed by atoms with Crippen molar-refractivity contribution < 1.29 is 4.42 Å².